The Hall–Kier alpha value is -4.34. The van der Waals surface area contributed by atoms with Crippen LogP contribution in [0.3, 0.4) is 0 Å². The lowest BCUT2D eigenvalue weighted by Gasteiger charge is -2.26. The Morgan fingerprint density at radius 2 is 1.93 bits per heavy atom. The third-order valence-electron chi connectivity index (χ3n) is 7.87. The molecule has 1 aromatic heterocycles. The number of amides is 3. The van der Waals surface area contributed by atoms with Crippen molar-refractivity contribution < 1.29 is 23.9 Å². The number of hydrogen-bond donors (Lipinski definition) is 1. The number of rotatable bonds is 7. The van der Waals surface area contributed by atoms with Gasteiger partial charge in [-0.3, -0.25) is 19.1 Å². The van der Waals surface area contributed by atoms with Crippen LogP contribution in [0.15, 0.2) is 67.0 Å². The van der Waals surface area contributed by atoms with E-state index in [0.717, 1.165) is 23.3 Å². The molecule has 1 fully saturated rings. The molecule has 10 nitrogen and oxygen atoms in total. The molecule has 0 radical (unpaired) electrons. The maximum absolute atomic E-state index is 13.4. The number of aromatic nitrogens is 2. The van der Waals surface area contributed by atoms with Gasteiger partial charge in [-0.1, -0.05) is 30.3 Å². The average molecular weight is 574 g/mol. The summed E-state index contributed by atoms with van der Waals surface area (Å²) in [6.45, 7) is 4.22. The Kier molecular flexibility index (Phi) is 9.74. The number of nitrogens with one attached hydrogen (secondary N) is 1. The Balaban J connectivity index is 1.26. The van der Waals surface area contributed by atoms with Crippen molar-refractivity contribution in [3.05, 3.63) is 78.1 Å². The molecule has 0 unspecified atom stereocenters. The SMILES string of the molecule is Cc1ccccc1OCC(=O)N1CCCCOc2cccc(c2)[C@H]2CN(C(=O)CCCn3cccn3)C[C@@H]2NC(=O)C1. The van der Waals surface area contributed by atoms with E-state index in [1.54, 1.807) is 11.1 Å². The van der Waals surface area contributed by atoms with Gasteiger partial charge >= 0.3 is 0 Å². The van der Waals surface area contributed by atoms with Crippen LogP contribution in [0.25, 0.3) is 0 Å². The zero-order valence-electron chi connectivity index (χ0n) is 24.1. The molecule has 2 aliphatic rings. The van der Waals surface area contributed by atoms with Gasteiger partial charge in [0.2, 0.25) is 11.8 Å². The Labute approximate surface area is 246 Å². The highest BCUT2D eigenvalue weighted by Gasteiger charge is 2.37. The molecule has 0 saturated carbocycles. The van der Waals surface area contributed by atoms with E-state index in [2.05, 4.69) is 10.4 Å². The second-order valence-corrected chi connectivity index (χ2v) is 10.9. The summed E-state index contributed by atoms with van der Waals surface area (Å²) in [5.41, 5.74) is 1.96. The van der Waals surface area contributed by atoms with E-state index in [1.165, 1.54) is 0 Å². The third kappa shape index (κ3) is 7.69. The summed E-state index contributed by atoms with van der Waals surface area (Å²) in [4.78, 5) is 43.1. The Morgan fingerprint density at radius 3 is 2.76 bits per heavy atom. The maximum Gasteiger partial charge on any atom is 0.260 e. The molecule has 3 amide bonds. The molecule has 2 aromatic carbocycles. The zero-order chi connectivity index (χ0) is 29.3. The van der Waals surface area contributed by atoms with Gasteiger partial charge in [-0.05, 0) is 61.6 Å². The summed E-state index contributed by atoms with van der Waals surface area (Å²) in [5, 5.41) is 7.36. The molecule has 2 bridgehead atoms. The average Bonchev–Trinajstić information content (AvgIpc) is 3.66. The number of para-hydroxylation sites is 1. The van der Waals surface area contributed by atoms with Crippen LogP contribution in [-0.2, 0) is 20.9 Å². The monoisotopic (exact) mass is 573 g/mol. The van der Waals surface area contributed by atoms with E-state index in [-0.39, 0.29) is 42.8 Å². The minimum absolute atomic E-state index is 0.0550. The van der Waals surface area contributed by atoms with E-state index in [4.69, 9.17) is 9.47 Å². The van der Waals surface area contributed by atoms with Gasteiger partial charge in [-0.25, -0.2) is 0 Å². The van der Waals surface area contributed by atoms with Crippen LogP contribution in [-0.4, -0.2) is 82.7 Å². The molecule has 1 saturated heterocycles. The number of likely N-dealkylation sites (tertiary alicyclic amines) is 1. The number of nitrogens with zero attached hydrogens (tertiary/aromatic N) is 4. The summed E-state index contributed by atoms with van der Waals surface area (Å²) in [6, 6.07) is 17.0. The van der Waals surface area contributed by atoms with Gasteiger partial charge in [0.1, 0.15) is 11.5 Å². The molecule has 0 spiro atoms. The first-order valence-electron chi connectivity index (χ1n) is 14.7. The third-order valence-corrected chi connectivity index (χ3v) is 7.87. The van der Waals surface area contributed by atoms with Crippen molar-refractivity contribution in [2.24, 2.45) is 0 Å². The molecular weight excluding hydrogens is 534 g/mol. The summed E-state index contributed by atoms with van der Waals surface area (Å²) in [7, 11) is 0. The number of ether oxygens (including phenoxy) is 2. The number of hydrogen-bond acceptors (Lipinski definition) is 6. The van der Waals surface area contributed by atoms with Gasteiger partial charge < -0.3 is 24.6 Å². The summed E-state index contributed by atoms with van der Waals surface area (Å²) in [6.07, 6.45) is 6.13. The van der Waals surface area contributed by atoms with Crippen molar-refractivity contribution in [2.75, 3.05) is 39.4 Å². The van der Waals surface area contributed by atoms with Gasteiger partial charge in [0.05, 0.1) is 19.2 Å². The van der Waals surface area contributed by atoms with Gasteiger partial charge in [-0.15, -0.1) is 0 Å². The number of aryl methyl sites for hydroxylation is 2. The van der Waals surface area contributed by atoms with Crippen LogP contribution in [0, 0.1) is 6.92 Å². The predicted octanol–water partition coefficient (Wildman–Crippen LogP) is 3.16. The van der Waals surface area contributed by atoms with Crippen molar-refractivity contribution in [3.8, 4) is 11.5 Å². The standard InChI is InChI=1S/C32H39N5O5/c1-24-9-2-3-12-29(24)42-23-32(40)35-15-4-5-18-41-26-11-6-10-25(19-26)27-20-36(21-28(27)34-30(38)22-35)31(39)13-7-16-37-17-8-14-33-37/h2-3,6,8-12,14,17,19,27-28H,4-5,7,13,15-16,18,20-23H2,1H3,(H,34,38)/t27-,28+/m1/s1. The number of benzene rings is 2. The van der Waals surface area contributed by atoms with Crippen molar-refractivity contribution in [1.82, 2.24) is 24.9 Å². The molecule has 10 heteroatoms. The molecule has 42 heavy (non-hydrogen) atoms. The van der Waals surface area contributed by atoms with Gasteiger partial charge in [0, 0.05) is 50.9 Å². The first-order valence-corrected chi connectivity index (χ1v) is 14.7. The Morgan fingerprint density at radius 1 is 1.05 bits per heavy atom. The van der Waals surface area contributed by atoms with Crippen molar-refractivity contribution in [1.29, 1.82) is 0 Å². The molecule has 3 heterocycles. The maximum atomic E-state index is 13.4. The van der Waals surface area contributed by atoms with Gasteiger partial charge in [0.25, 0.3) is 5.91 Å². The summed E-state index contributed by atoms with van der Waals surface area (Å²) >= 11 is 0. The minimum Gasteiger partial charge on any atom is -0.494 e. The van der Waals surface area contributed by atoms with Crippen LogP contribution < -0.4 is 14.8 Å². The molecule has 2 aliphatic heterocycles. The van der Waals surface area contributed by atoms with E-state index in [9.17, 15) is 14.4 Å². The summed E-state index contributed by atoms with van der Waals surface area (Å²) < 4.78 is 13.6. The topological polar surface area (TPSA) is 106 Å². The van der Waals surface area contributed by atoms with Crippen molar-refractivity contribution >= 4 is 17.7 Å². The van der Waals surface area contributed by atoms with Crippen LogP contribution >= 0.6 is 0 Å². The molecule has 0 aliphatic carbocycles. The predicted molar refractivity (Wildman–Crippen MR) is 157 cm³/mol. The number of carbonyl (C=O) groups is 3. The van der Waals surface area contributed by atoms with Crippen LogP contribution in [0.2, 0.25) is 0 Å². The highest BCUT2D eigenvalue weighted by molar-refractivity contribution is 5.86. The van der Waals surface area contributed by atoms with Crippen molar-refractivity contribution in [3.63, 3.8) is 0 Å². The van der Waals surface area contributed by atoms with E-state index in [0.29, 0.717) is 57.8 Å². The fourth-order valence-electron chi connectivity index (χ4n) is 5.57. The highest BCUT2D eigenvalue weighted by Crippen LogP contribution is 2.31. The lowest BCUT2D eigenvalue weighted by molar-refractivity contribution is -0.138. The molecule has 3 aromatic rings. The fraction of sp³-hybridized carbons (Fsp3) is 0.438. The second kappa shape index (κ2) is 14.0. The molecule has 222 valence electrons. The van der Waals surface area contributed by atoms with Crippen LogP contribution in [0.4, 0.5) is 0 Å². The quantitative estimate of drug-likeness (QED) is 0.466. The Bertz CT molecular complexity index is 1360. The number of carbonyl (C=O) groups excluding carboxylic acids is 3. The first kappa shape index (κ1) is 29.2. The number of fused-ring (bicyclic) bond motifs is 4. The molecule has 1 N–H and O–H groups in total. The van der Waals surface area contributed by atoms with E-state index >= 15 is 0 Å². The largest absolute Gasteiger partial charge is 0.494 e. The minimum atomic E-state index is -0.286. The van der Waals surface area contributed by atoms with Gasteiger partial charge in [0.15, 0.2) is 6.61 Å². The lowest BCUT2D eigenvalue weighted by atomic mass is 9.94. The zero-order valence-corrected chi connectivity index (χ0v) is 24.1. The second-order valence-electron chi connectivity index (χ2n) is 10.9. The fourth-order valence-corrected chi connectivity index (χ4v) is 5.57. The van der Waals surface area contributed by atoms with Gasteiger partial charge in [-0.2, -0.15) is 5.10 Å². The molecular formula is C32H39N5O5. The molecule has 2 atom stereocenters. The normalized spacial score (nSPS) is 19.3. The van der Waals surface area contributed by atoms with E-state index in [1.807, 2.05) is 77.3 Å². The highest BCUT2D eigenvalue weighted by atomic mass is 16.5. The lowest BCUT2D eigenvalue weighted by Crippen LogP contribution is -2.47. The van der Waals surface area contributed by atoms with Crippen LogP contribution in [0.1, 0.15) is 42.7 Å². The van der Waals surface area contributed by atoms with Crippen LogP contribution in [0.5, 0.6) is 11.5 Å². The smallest absolute Gasteiger partial charge is 0.260 e. The first-order chi connectivity index (χ1) is 20.5. The summed E-state index contributed by atoms with van der Waals surface area (Å²) in [5.74, 6) is 0.882. The van der Waals surface area contributed by atoms with Crippen molar-refractivity contribution in [2.45, 2.75) is 51.1 Å². The molecule has 5 rings (SSSR count). The van der Waals surface area contributed by atoms with E-state index < -0.39 is 0 Å².